The molecule has 6 nitrogen and oxygen atoms in total. The zero-order valence-corrected chi connectivity index (χ0v) is 16.5. The van der Waals surface area contributed by atoms with Gasteiger partial charge >= 0.3 is 0 Å². The minimum absolute atomic E-state index is 0. The summed E-state index contributed by atoms with van der Waals surface area (Å²) in [6.45, 7) is 4.11. The summed E-state index contributed by atoms with van der Waals surface area (Å²) in [6, 6.07) is -0.0168. The molecule has 3 aliphatic heterocycles. The van der Waals surface area contributed by atoms with Gasteiger partial charge in [0.1, 0.15) is 0 Å². The van der Waals surface area contributed by atoms with E-state index in [9.17, 15) is 9.59 Å². The van der Waals surface area contributed by atoms with Gasteiger partial charge in [-0.2, -0.15) is 0 Å². The van der Waals surface area contributed by atoms with Crippen molar-refractivity contribution >= 4 is 24.2 Å². The Balaban J connectivity index is 0.00000243. The average molecular weight is 388 g/mol. The first kappa shape index (κ1) is 21.5. The van der Waals surface area contributed by atoms with E-state index in [1.54, 1.807) is 0 Å². The van der Waals surface area contributed by atoms with Crippen molar-refractivity contribution in [3.05, 3.63) is 0 Å². The average Bonchev–Trinajstić information content (AvgIpc) is 3.20. The van der Waals surface area contributed by atoms with Gasteiger partial charge in [-0.05, 0) is 63.8 Å². The maximum Gasteiger partial charge on any atom is 0.237 e. The molecule has 0 radical (unpaired) electrons. The van der Waals surface area contributed by atoms with Crippen molar-refractivity contribution in [3.63, 3.8) is 0 Å². The molecule has 0 bridgehead atoms. The summed E-state index contributed by atoms with van der Waals surface area (Å²) in [7, 11) is 0. The molecule has 3 aliphatic rings. The normalized spacial score (nSPS) is 29.1. The van der Waals surface area contributed by atoms with Crippen molar-refractivity contribution in [1.82, 2.24) is 15.5 Å². The van der Waals surface area contributed by atoms with Gasteiger partial charge in [0.2, 0.25) is 11.8 Å². The van der Waals surface area contributed by atoms with Crippen molar-refractivity contribution < 1.29 is 14.3 Å². The molecule has 150 valence electrons. The Morgan fingerprint density at radius 1 is 1.12 bits per heavy atom. The Morgan fingerprint density at radius 2 is 2.00 bits per heavy atom. The third-order valence-electron chi connectivity index (χ3n) is 5.77. The van der Waals surface area contributed by atoms with Crippen LogP contribution in [0.3, 0.4) is 0 Å². The van der Waals surface area contributed by atoms with E-state index in [-0.39, 0.29) is 36.4 Å². The molecular formula is C19H34ClN3O3. The molecule has 3 heterocycles. The highest BCUT2D eigenvalue weighted by molar-refractivity contribution is 5.85. The van der Waals surface area contributed by atoms with Gasteiger partial charge in [0.15, 0.2) is 0 Å². The minimum atomic E-state index is -0.0168. The topological polar surface area (TPSA) is 70.7 Å². The van der Waals surface area contributed by atoms with E-state index in [0.29, 0.717) is 18.9 Å². The van der Waals surface area contributed by atoms with Gasteiger partial charge in [-0.15, -0.1) is 12.4 Å². The smallest absolute Gasteiger partial charge is 0.237 e. The van der Waals surface area contributed by atoms with Gasteiger partial charge in [0.05, 0.1) is 12.1 Å². The van der Waals surface area contributed by atoms with Crippen LogP contribution >= 0.6 is 12.4 Å². The fourth-order valence-corrected chi connectivity index (χ4v) is 4.21. The fourth-order valence-electron chi connectivity index (χ4n) is 4.21. The molecule has 3 rings (SSSR count). The molecule has 26 heavy (non-hydrogen) atoms. The number of piperidine rings is 1. The maximum absolute atomic E-state index is 12.5. The van der Waals surface area contributed by atoms with Crippen LogP contribution in [0.25, 0.3) is 0 Å². The standard InChI is InChI=1S/C19H33N3O3.ClH/c23-18(9-8-16-6-1-2-12-25-16)22-11-4-5-15(14-22)13-21-19(24)17-7-3-10-20-17;/h15-17,20H,1-14H2,(H,21,24);1H. The van der Waals surface area contributed by atoms with E-state index in [0.717, 1.165) is 71.2 Å². The highest BCUT2D eigenvalue weighted by Crippen LogP contribution is 2.20. The van der Waals surface area contributed by atoms with Crippen LogP contribution in [0.15, 0.2) is 0 Å². The second kappa shape index (κ2) is 11.1. The molecule has 2 N–H and O–H groups in total. The molecule has 0 aromatic carbocycles. The van der Waals surface area contributed by atoms with Crippen molar-refractivity contribution in [2.24, 2.45) is 5.92 Å². The molecule has 0 aliphatic carbocycles. The van der Waals surface area contributed by atoms with Gasteiger partial charge < -0.3 is 20.3 Å². The fraction of sp³-hybridized carbons (Fsp3) is 0.895. The van der Waals surface area contributed by atoms with Gasteiger partial charge in [-0.3, -0.25) is 9.59 Å². The van der Waals surface area contributed by atoms with Gasteiger partial charge in [-0.1, -0.05) is 0 Å². The Bertz CT molecular complexity index is 451. The van der Waals surface area contributed by atoms with Gasteiger partial charge in [-0.25, -0.2) is 0 Å². The number of amides is 2. The van der Waals surface area contributed by atoms with Crippen molar-refractivity contribution in [3.8, 4) is 0 Å². The lowest BCUT2D eigenvalue weighted by molar-refractivity contribution is -0.134. The third kappa shape index (κ3) is 6.39. The van der Waals surface area contributed by atoms with E-state index in [2.05, 4.69) is 10.6 Å². The van der Waals surface area contributed by atoms with Gasteiger partial charge in [0, 0.05) is 32.7 Å². The Labute approximate surface area is 163 Å². The van der Waals surface area contributed by atoms with Crippen molar-refractivity contribution in [2.45, 2.75) is 69.9 Å². The molecule has 3 fully saturated rings. The summed E-state index contributed by atoms with van der Waals surface area (Å²) in [5.74, 6) is 0.757. The molecule has 0 aromatic heterocycles. The van der Waals surface area contributed by atoms with Gasteiger partial charge in [0.25, 0.3) is 0 Å². The Morgan fingerprint density at radius 3 is 2.73 bits per heavy atom. The molecular weight excluding hydrogens is 354 g/mol. The summed E-state index contributed by atoms with van der Waals surface area (Å²) >= 11 is 0. The highest BCUT2D eigenvalue weighted by atomic mass is 35.5. The van der Waals surface area contributed by atoms with E-state index in [1.807, 2.05) is 4.90 Å². The first-order valence-corrected chi connectivity index (χ1v) is 10.1. The molecule has 3 unspecified atom stereocenters. The van der Waals surface area contributed by atoms with Crippen LogP contribution in [-0.2, 0) is 14.3 Å². The number of nitrogens with zero attached hydrogens (tertiary/aromatic N) is 1. The van der Waals surface area contributed by atoms with Crippen LogP contribution in [0.1, 0.15) is 57.8 Å². The predicted octanol–water partition coefficient (Wildman–Crippen LogP) is 1.86. The Kier molecular flexibility index (Phi) is 9.16. The number of carbonyl (C=O) groups excluding carboxylic acids is 2. The van der Waals surface area contributed by atoms with Crippen molar-refractivity contribution in [2.75, 3.05) is 32.8 Å². The number of nitrogens with one attached hydrogen (secondary N) is 2. The number of rotatable bonds is 6. The Hall–Kier alpha value is -0.850. The quantitative estimate of drug-likeness (QED) is 0.729. The molecule has 3 atom stereocenters. The molecule has 3 saturated heterocycles. The molecule has 0 aromatic rings. The largest absolute Gasteiger partial charge is 0.378 e. The van der Waals surface area contributed by atoms with Crippen molar-refractivity contribution in [1.29, 1.82) is 0 Å². The van der Waals surface area contributed by atoms with Crippen LogP contribution in [-0.4, -0.2) is 61.6 Å². The highest BCUT2D eigenvalue weighted by Gasteiger charge is 2.26. The lowest BCUT2D eigenvalue weighted by Crippen LogP contribution is -2.46. The summed E-state index contributed by atoms with van der Waals surface area (Å²) < 4.78 is 5.73. The SMILES string of the molecule is Cl.O=C(NCC1CCCN(C(=O)CCC2CCCCO2)C1)C1CCCN1. The van der Waals surface area contributed by atoms with Crippen LogP contribution in [0.2, 0.25) is 0 Å². The van der Waals surface area contributed by atoms with E-state index >= 15 is 0 Å². The zero-order chi connectivity index (χ0) is 17.5. The summed E-state index contributed by atoms with van der Waals surface area (Å²) in [6.07, 6.45) is 9.33. The molecule has 7 heteroatoms. The molecule has 0 saturated carbocycles. The maximum atomic E-state index is 12.5. The molecule has 0 spiro atoms. The first-order valence-electron chi connectivity index (χ1n) is 10.1. The third-order valence-corrected chi connectivity index (χ3v) is 5.77. The molecule has 2 amide bonds. The monoisotopic (exact) mass is 387 g/mol. The second-order valence-corrected chi connectivity index (χ2v) is 7.77. The predicted molar refractivity (Wildman–Crippen MR) is 103 cm³/mol. The number of likely N-dealkylation sites (tertiary alicyclic amines) is 1. The lowest BCUT2D eigenvalue weighted by atomic mass is 9.97. The van der Waals surface area contributed by atoms with Crippen LogP contribution in [0, 0.1) is 5.92 Å². The number of carbonyl (C=O) groups is 2. The lowest BCUT2D eigenvalue weighted by Gasteiger charge is -2.33. The summed E-state index contributed by atoms with van der Waals surface area (Å²) in [4.78, 5) is 26.6. The summed E-state index contributed by atoms with van der Waals surface area (Å²) in [5, 5.41) is 6.31. The first-order chi connectivity index (χ1) is 12.2. The minimum Gasteiger partial charge on any atom is -0.378 e. The number of hydrogen-bond acceptors (Lipinski definition) is 4. The second-order valence-electron chi connectivity index (χ2n) is 7.77. The van der Waals surface area contributed by atoms with Crippen LogP contribution in [0.4, 0.5) is 0 Å². The zero-order valence-electron chi connectivity index (χ0n) is 15.7. The van der Waals surface area contributed by atoms with E-state index in [4.69, 9.17) is 4.74 Å². The summed E-state index contributed by atoms with van der Waals surface area (Å²) in [5.41, 5.74) is 0. The number of ether oxygens (including phenoxy) is 1. The van der Waals surface area contributed by atoms with Crippen LogP contribution in [0.5, 0.6) is 0 Å². The van der Waals surface area contributed by atoms with E-state index in [1.165, 1.54) is 6.42 Å². The van der Waals surface area contributed by atoms with Crippen LogP contribution < -0.4 is 10.6 Å². The number of hydrogen-bond donors (Lipinski definition) is 2. The van der Waals surface area contributed by atoms with E-state index < -0.39 is 0 Å². The number of halogens is 1.